The maximum absolute atomic E-state index is 5.44. The highest BCUT2D eigenvalue weighted by Crippen LogP contribution is 2.23. The molecule has 7 heteroatoms. The van der Waals surface area contributed by atoms with E-state index in [1.807, 2.05) is 22.7 Å². The second-order valence-corrected chi connectivity index (χ2v) is 7.12. The summed E-state index contributed by atoms with van der Waals surface area (Å²) in [6.07, 6.45) is 0.829. The van der Waals surface area contributed by atoms with Crippen molar-refractivity contribution in [1.82, 2.24) is 24.8 Å². The van der Waals surface area contributed by atoms with Crippen molar-refractivity contribution in [2.24, 2.45) is 4.99 Å². The van der Waals surface area contributed by atoms with Crippen LogP contribution in [0.4, 0.5) is 0 Å². The highest BCUT2D eigenvalue weighted by molar-refractivity contribution is 6.04. The molecule has 0 saturated carbocycles. The summed E-state index contributed by atoms with van der Waals surface area (Å²) in [4.78, 5) is 11.9. The van der Waals surface area contributed by atoms with E-state index in [1.54, 1.807) is 0 Å². The molecule has 0 atom stereocenters. The molecule has 0 spiro atoms. The summed E-state index contributed by atoms with van der Waals surface area (Å²) in [7, 11) is 0. The van der Waals surface area contributed by atoms with E-state index in [1.165, 1.54) is 0 Å². The van der Waals surface area contributed by atoms with E-state index in [9.17, 15) is 0 Å². The SMILES string of the molecule is c1ccc(-c2ccc(C3=NCCN3)c3nc(CCN4CCOCC4)nn23)cc1. The van der Waals surface area contributed by atoms with Crippen LogP contribution >= 0.6 is 0 Å². The fraction of sp³-hybridized carbons (Fsp3) is 0.381. The van der Waals surface area contributed by atoms with Crippen molar-refractivity contribution in [1.29, 1.82) is 0 Å². The molecule has 144 valence electrons. The summed E-state index contributed by atoms with van der Waals surface area (Å²) in [6.45, 7) is 6.22. The molecule has 1 saturated heterocycles. The van der Waals surface area contributed by atoms with Gasteiger partial charge in [-0.25, -0.2) is 9.50 Å². The molecule has 28 heavy (non-hydrogen) atoms. The predicted molar refractivity (Wildman–Crippen MR) is 109 cm³/mol. The Balaban J connectivity index is 1.52. The van der Waals surface area contributed by atoms with Gasteiger partial charge in [0.05, 0.1) is 31.0 Å². The van der Waals surface area contributed by atoms with E-state index in [2.05, 4.69) is 39.5 Å². The predicted octanol–water partition coefficient (Wildman–Crippen LogP) is 1.62. The zero-order chi connectivity index (χ0) is 18.8. The molecule has 4 heterocycles. The van der Waals surface area contributed by atoms with Gasteiger partial charge in [0, 0.05) is 38.2 Å². The summed E-state index contributed by atoms with van der Waals surface area (Å²) >= 11 is 0. The Labute approximate surface area is 164 Å². The molecule has 1 aromatic carbocycles. The Kier molecular flexibility index (Phi) is 4.76. The summed E-state index contributed by atoms with van der Waals surface area (Å²) in [5, 5.41) is 8.23. The average molecular weight is 376 g/mol. The lowest BCUT2D eigenvalue weighted by atomic mass is 10.1. The van der Waals surface area contributed by atoms with E-state index in [-0.39, 0.29) is 0 Å². The van der Waals surface area contributed by atoms with Gasteiger partial charge in [-0.3, -0.25) is 9.89 Å². The Morgan fingerprint density at radius 2 is 1.89 bits per heavy atom. The number of amidine groups is 1. The average Bonchev–Trinajstić information content (AvgIpc) is 3.43. The summed E-state index contributed by atoms with van der Waals surface area (Å²) in [5.41, 5.74) is 4.06. The van der Waals surface area contributed by atoms with Gasteiger partial charge in [0.1, 0.15) is 5.84 Å². The van der Waals surface area contributed by atoms with E-state index >= 15 is 0 Å². The smallest absolute Gasteiger partial charge is 0.167 e. The van der Waals surface area contributed by atoms with Gasteiger partial charge in [0.2, 0.25) is 0 Å². The number of fused-ring (bicyclic) bond motifs is 1. The first kappa shape index (κ1) is 17.3. The zero-order valence-electron chi connectivity index (χ0n) is 15.8. The van der Waals surface area contributed by atoms with Crippen molar-refractivity contribution in [3.8, 4) is 11.3 Å². The van der Waals surface area contributed by atoms with Gasteiger partial charge < -0.3 is 10.1 Å². The summed E-state index contributed by atoms with van der Waals surface area (Å²) in [5.74, 6) is 1.78. The van der Waals surface area contributed by atoms with Crippen LogP contribution in [0.2, 0.25) is 0 Å². The first-order valence-corrected chi connectivity index (χ1v) is 9.91. The maximum atomic E-state index is 5.44. The largest absolute Gasteiger partial charge is 0.379 e. The van der Waals surface area contributed by atoms with Crippen molar-refractivity contribution in [2.45, 2.75) is 6.42 Å². The first-order valence-electron chi connectivity index (χ1n) is 9.91. The molecule has 2 aromatic heterocycles. The monoisotopic (exact) mass is 376 g/mol. The Morgan fingerprint density at radius 1 is 1.04 bits per heavy atom. The van der Waals surface area contributed by atoms with Gasteiger partial charge in [-0.15, -0.1) is 0 Å². The minimum atomic E-state index is 0.806. The molecule has 2 aliphatic heterocycles. The molecule has 5 rings (SSSR count). The number of ether oxygens (including phenoxy) is 1. The molecular weight excluding hydrogens is 352 g/mol. The highest BCUT2D eigenvalue weighted by atomic mass is 16.5. The molecular formula is C21H24N6O. The molecule has 3 aromatic rings. The first-order chi connectivity index (χ1) is 13.9. The normalized spacial score (nSPS) is 17.6. The zero-order valence-corrected chi connectivity index (χ0v) is 15.8. The van der Waals surface area contributed by atoms with Crippen LogP contribution < -0.4 is 5.32 Å². The molecule has 1 N–H and O–H groups in total. The van der Waals surface area contributed by atoms with Crippen LogP contribution in [0.1, 0.15) is 11.4 Å². The van der Waals surface area contributed by atoms with E-state index in [4.69, 9.17) is 14.8 Å². The number of aliphatic imine (C=N–C) groups is 1. The van der Waals surface area contributed by atoms with Crippen LogP contribution in [0.15, 0.2) is 47.5 Å². The maximum Gasteiger partial charge on any atom is 0.167 e. The minimum absolute atomic E-state index is 0.806. The minimum Gasteiger partial charge on any atom is -0.379 e. The number of morpholine rings is 1. The summed E-state index contributed by atoms with van der Waals surface area (Å²) < 4.78 is 7.41. The van der Waals surface area contributed by atoms with Crippen LogP contribution in [0.3, 0.4) is 0 Å². The summed E-state index contributed by atoms with van der Waals surface area (Å²) in [6, 6.07) is 14.6. The quantitative estimate of drug-likeness (QED) is 0.733. The lowest BCUT2D eigenvalue weighted by Gasteiger charge is -2.25. The van der Waals surface area contributed by atoms with Gasteiger partial charge in [-0.05, 0) is 12.1 Å². The number of nitrogens with zero attached hydrogens (tertiary/aromatic N) is 5. The Hall–Kier alpha value is -2.77. The third-order valence-corrected chi connectivity index (χ3v) is 5.28. The molecule has 0 aliphatic carbocycles. The highest BCUT2D eigenvalue weighted by Gasteiger charge is 2.19. The van der Waals surface area contributed by atoms with Gasteiger partial charge in [0.15, 0.2) is 11.5 Å². The molecule has 0 bridgehead atoms. The molecule has 0 unspecified atom stereocenters. The van der Waals surface area contributed by atoms with Crippen molar-refractivity contribution in [3.05, 3.63) is 53.9 Å². The van der Waals surface area contributed by atoms with Crippen LogP contribution in [0.5, 0.6) is 0 Å². The van der Waals surface area contributed by atoms with Gasteiger partial charge >= 0.3 is 0 Å². The number of pyridine rings is 1. The van der Waals surface area contributed by atoms with E-state index in [0.29, 0.717) is 0 Å². The van der Waals surface area contributed by atoms with Crippen molar-refractivity contribution in [2.75, 3.05) is 45.9 Å². The lowest BCUT2D eigenvalue weighted by molar-refractivity contribution is 0.0382. The lowest BCUT2D eigenvalue weighted by Crippen LogP contribution is -2.37. The number of hydrogen-bond acceptors (Lipinski definition) is 6. The molecule has 0 radical (unpaired) electrons. The van der Waals surface area contributed by atoms with Gasteiger partial charge in [0.25, 0.3) is 0 Å². The molecule has 1 fully saturated rings. The molecule has 2 aliphatic rings. The van der Waals surface area contributed by atoms with Crippen molar-refractivity contribution < 1.29 is 4.74 Å². The number of hydrogen-bond donors (Lipinski definition) is 1. The Morgan fingerprint density at radius 3 is 2.68 bits per heavy atom. The number of benzene rings is 1. The van der Waals surface area contributed by atoms with Gasteiger partial charge in [-0.1, -0.05) is 30.3 Å². The third-order valence-electron chi connectivity index (χ3n) is 5.28. The van der Waals surface area contributed by atoms with Crippen LogP contribution in [0, 0.1) is 0 Å². The Bertz CT molecular complexity index is 991. The number of nitrogens with one attached hydrogen (secondary N) is 1. The topological polar surface area (TPSA) is 67.0 Å². The van der Waals surface area contributed by atoms with Crippen LogP contribution in [-0.2, 0) is 11.2 Å². The standard InChI is InChI=1S/C21H24N6O/c1-2-4-16(5-3-1)18-7-6-17(20-22-9-10-23-20)21-24-19(25-27(18)21)8-11-26-12-14-28-15-13-26/h1-7H,8-15H2,(H,22,23). The van der Waals surface area contributed by atoms with E-state index in [0.717, 1.165) is 86.5 Å². The fourth-order valence-electron chi connectivity index (χ4n) is 3.78. The molecule has 7 nitrogen and oxygen atoms in total. The fourth-order valence-corrected chi connectivity index (χ4v) is 3.78. The number of aromatic nitrogens is 3. The molecule has 0 amide bonds. The second-order valence-electron chi connectivity index (χ2n) is 7.12. The van der Waals surface area contributed by atoms with E-state index < -0.39 is 0 Å². The number of rotatable bonds is 5. The van der Waals surface area contributed by atoms with Crippen LogP contribution in [-0.4, -0.2) is 71.3 Å². The third kappa shape index (κ3) is 3.39. The van der Waals surface area contributed by atoms with Crippen LogP contribution in [0.25, 0.3) is 16.9 Å². The second kappa shape index (κ2) is 7.69. The van der Waals surface area contributed by atoms with Crippen molar-refractivity contribution >= 4 is 11.5 Å². The van der Waals surface area contributed by atoms with Gasteiger partial charge in [-0.2, -0.15) is 5.10 Å². The van der Waals surface area contributed by atoms with Crippen molar-refractivity contribution in [3.63, 3.8) is 0 Å².